The van der Waals surface area contributed by atoms with Crippen molar-refractivity contribution in [2.75, 3.05) is 5.75 Å². The van der Waals surface area contributed by atoms with Crippen LogP contribution in [0.3, 0.4) is 0 Å². The molecule has 118 valence electrons. The fraction of sp³-hybridized carbons (Fsp3) is 0.263. The third-order valence-corrected chi connectivity index (χ3v) is 4.86. The van der Waals surface area contributed by atoms with Gasteiger partial charge >= 0.3 is 0 Å². The van der Waals surface area contributed by atoms with Gasteiger partial charge in [-0.1, -0.05) is 55.4 Å². The summed E-state index contributed by atoms with van der Waals surface area (Å²) in [5, 5.41) is 1.44. The monoisotopic (exact) mass is 324 g/mol. The highest BCUT2D eigenvalue weighted by molar-refractivity contribution is 7.99. The molecule has 0 aliphatic rings. The molecule has 0 radical (unpaired) electrons. The van der Waals surface area contributed by atoms with E-state index in [1.165, 1.54) is 0 Å². The van der Waals surface area contributed by atoms with Gasteiger partial charge in [0.1, 0.15) is 0 Å². The minimum atomic E-state index is 0.00361. The maximum absolute atomic E-state index is 13.0. The molecule has 1 heterocycles. The van der Waals surface area contributed by atoms with E-state index in [0.29, 0.717) is 5.39 Å². The predicted octanol–water partition coefficient (Wildman–Crippen LogP) is 4.59. The first kappa shape index (κ1) is 15.8. The van der Waals surface area contributed by atoms with Crippen molar-refractivity contribution >= 4 is 22.7 Å². The van der Waals surface area contributed by atoms with E-state index in [1.807, 2.05) is 55.5 Å². The average molecular weight is 324 g/mol. The predicted molar refractivity (Wildman–Crippen MR) is 97.7 cm³/mol. The Kier molecular flexibility index (Phi) is 4.82. The van der Waals surface area contributed by atoms with Crippen LogP contribution in [0.5, 0.6) is 0 Å². The fourth-order valence-corrected chi connectivity index (χ4v) is 3.63. The highest BCUT2D eigenvalue weighted by Crippen LogP contribution is 2.23. The van der Waals surface area contributed by atoms with E-state index in [0.717, 1.165) is 40.5 Å². The van der Waals surface area contributed by atoms with Crippen molar-refractivity contribution in [2.45, 2.75) is 31.8 Å². The van der Waals surface area contributed by atoms with E-state index >= 15 is 0 Å². The highest BCUT2D eigenvalue weighted by Gasteiger charge is 2.14. The summed E-state index contributed by atoms with van der Waals surface area (Å²) in [6, 6.07) is 15.5. The third kappa shape index (κ3) is 3.17. The molecule has 0 saturated heterocycles. The van der Waals surface area contributed by atoms with Crippen molar-refractivity contribution in [1.82, 2.24) is 9.55 Å². The average Bonchev–Trinajstić information content (AvgIpc) is 2.57. The van der Waals surface area contributed by atoms with Gasteiger partial charge in [-0.15, -0.1) is 0 Å². The van der Waals surface area contributed by atoms with E-state index in [1.54, 1.807) is 16.3 Å². The van der Waals surface area contributed by atoms with E-state index in [2.05, 4.69) is 6.92 Å². The lowest BCUT2D eigenvalue weighted by atomic mass is 10.2. The molecule has 0 amide bonds. The number of para-hydroxylation sites is 2. The first-order valence-electron chi connectivity index (χ1n) is 7.93. The Bertz CT molecular complexity index is 886. The van der Waals surface area contributed by atoms with Crippen LogP contribution in [0.2, 0.25) is 0 Å². The van der Waals surface area contributed by atoms with Gasteiger partial charge in [-0.25, -0.2) is 4.98 Å². The molecule has 4 heteroatoms. The van der Waals surface area contributed by atoms with Gasteiger partial charge in [0.25, 0.3) is 5.56 Å². The molecule has 3 nitrogen and oxygen atoms in total. The van der Waals surface area contributed by atoms with Crippen molar-refractivity contribution in [3.63, 3.8) is 0 Å². The van der Waals surface area contributed by atoms with Gasteiger partial charge in [0.2, 0.25) is 0 Å². The van der Waals surface area contributed by atoms with Gasteiger partial charge in [0.15, 0.2) is 5.16 Å². The Hall–Kier alpha value is -2.07. The molecule has 0 N–H and O–H groups in total. The van der Waals surface area contributed by atoms with Crippen molar-refractivity contribution in [3.8, 4) is 5.69 Å². The summed E-state index contributed by atoms with van der Waals surface area (Å²) < 4.78 is 1.76. The molecule has 0 bridgehead atoms. The molecule has 0 saturated carbocycles. The number of nitrogens with zero attached hydrogens (tertiary/aromatic N) is 2. The van der Waals surface area contributed by atoms with Gasteiger partial charge in [-0.2, -0.15) is 0 Å². The number of hydrogen-bond acceptors (Lipinski definition) is 3. The van der Waals surface area contributed by atoms with Crippen LogP contribution in [0.4, 0.5) is 0 Å². The number of aryl methyl sites for hydroxylation is 1. The first-order valence-corrected chi connectivity index (χ1v) is 8.91. The van der Waals surface area contributed by atoms with Gasteiger partial charge < -0.3 is 0 Å². The Labute approximate surface area is 140 Å². The number of benzene rings is 2. The Morgan fingerprint density at radius 2 is 1.83 bits per heavy atom. The zero-order valence-corrected chi connectivity index (χ0v) is 14.3. The van der Waals surface area contributed by atoms with Crippen molar-refractivity contribution in [2.24, 2.45) is 0 Å². The second-order valence-electron chi connectivity index (χ2n) is 5.54. The number of unbranched alkanes of at least 4 members (excludes halogenated alkanes) is 1. The van der Waals surface area contributed by atoms with Gasteiger partial charge in [0, 0.05) is 5.75 Å². The number of thioether (sulfide) groups is 1. The van der Waals surface area contributed by atoms with Crippen molar-refractivity contribution in [1.29, 1.82) is 0 Å². The lowest BCUT2D eigenvalue weighted by Gasteiger charge is -2.14. The SMILES string of the molecule is CCCCSc1nc2ccccc2c(=O)n1-c1ccccc1C. The molecule has 23 heavy (non-hydrogen) atoms. The van der Waals surface area contributed by atoms with Crippen LogP contribution < -0.4 is 5.56 Å². The van der Waals surface area contributed by atoms with Crippen LogP contribution >= 0.6 is 11.8 Å². The molecule has 3 aromatic rings. The summed E-state index contributed by atoms with van der Waals surface area (Å²) in [6.07, 6.45) is 2.25. The molecule has 0 atom stereocenters. The molecule has 1 aromatic heterocycles. The van der Waals surface area contributed by atoms with Gasteiger partial charge in [-0.05, 0) is 37.1 Å². The number of hydrogen-bond donors (Lipinski definition) is 0. The summed E-state index contributed by atoms with van der Waals surface area (Å²) in [5.41, 5.74) is 2.75. The Morgan fingerprint density at radius 3 is 2.61 bits per heavy atom. The molecule has 3 rings (SSSR count). The number of fused-ring (bicyclic) bond motifs is 1. The molecule has 0 spiro atoms. The Morgan fingerprint density at radius 1 is 1.09 bits per heavy atom. The van der Waals surface area contributed by atoms with Gasteiger partial charge in [0.05, 0.1) is 16.6 Å². The van der Waals surface area contributed by atoms with Crippen LogP contribution in [-0.2, 0) is 0 Å². The van der Waals surface area contributed by atoms with E-state index in [4.69, 9.17) is 4.98 Å². The lowest BCUT2D eigenvalue weighted by Crippen LogP contribution is -2.22. The first-order chi connectivity index (χ1) is 11.2. The quantitative estimate of drug-likeness (QED) is 0.391. The van der Waals surface area contributed by atoms with Crippen LogP contribution in [0.15, 0.2) is 58.5 Å². The number of rotatable bonds is 5. The standard InChI is InChI=1S/C19H20N2OS/c1-3-4-13-23-19-20-16-11-7-6-10-15(16)18(22)21(19)17-12-8-5-9-14(17)2/h5-12H,3-4,13H2,1-2H3. The molecule has 0 fully saturated rings. The van der Waals surface area contributed by atoms with Crippen molar-refractivity contribution < 1.29 is 0 Å². The van der Waals surface area contributed by atoms with Gasteiger partial charge in [-0.3, -0.25) is 9.36 Å². The van der Waals surface area contributed by atoms with E-state index in [9.17, 15) is 4.79 Å². The highest BCUT2D eigenvalue weighted by atomic mass is 32.2. The summed E-state index contributed by atoms with van der Waals surface area (Å²) in [6.45, 7) is 4.19. The van der Waals surface area contributed by atoms with E-state index in [-0.39, 0.29) is 5.56 Å². The summed E-state index contributed by atoms with van der Waals surface area (Å²) >= 11 is 1.66. The van der Waals surface area contributed by atoms with Crippen LogP contribution in [0, 0.1) is 6.92 Å². The van der Waals surface area contributed by atoms with Crippen molar-refractivity contribution in [3.05, 3.63) is 64.4 Å². The third-order valence-electron chi connectivity index (χ3n) is 3.83. The Balaban J connectivity index is 2.24. The minimum Gasteiger partial charge on any atom is -0.268 e. The second kappa shape index (κ2) is 7.01. The lowest BCUT2D eigenvalue weighted by molar-refractivity contribution is 0.809. The largest absolute Gasteiger partial charge is 0.268 e. The smallest absolute Gasteiger partial charge is 0.266 e. The molecular weight excluding hydrogens is 304 g/mol. The number of aromatic nitrogens is 2. The maximum atomic E-state index is 13.0. The zero-order valence-electron chi connectivity index (χ0n) is 13.5. The van der Waals surface area contributed by atoms with Crippen LogP contribution in [-0.4, -0.2) is 15.3 Å². The fourth-order valence-electron chi connectivity index (χ4n) is 2.54. The summed E-state index contributed by atoms with van der Waals surface area (Å²) in [7, 11) is 0. The molecule has 0 aliphatic heterocycles. The maximum Gasteiger partial charge on any atom is 0.266 e. The summed E-state index contributed by atoms with van der Waals surface area (Å²) in [4.78, 5) is 17.8. The topological polar surface area (TPSA) is 34.9 Å². The normalized spacial score (nSPS) is 11.0. The van der Waals surface area contributed by atoms with Crippen LogP contribution in [0.1, 0.15) is 25.3 Å². The second-order valence-corrected chi connectivity index (χ2v) is 6.60. The molecular formula is C19H20N2OS. The molecule has 0 unspecified atom stereocenters. The van der Waals surface area contributed by atoms with Crippen LogP contribution in [0.25, 0.3) is 16.6 Å². The minimum absolute atomic E-state index is 0.00361. The summed E-state index contributed by atoms with van der Waals surface area (Å²) in [5.74, 6) is 0.965. The molecule has 2 aromatic carbocycles. The molecule has 0 aliphatic carbocycles. The van der Waals surface area contributed by atoms with E-state index < -0.39 is 0 Å². The zero-order chi connectivity index (χ0) is 16.2.